The largest absolute Gasteiger partial charge is 0.383 e. The van der Waals surface area contributed by atoms with Gasteiger partial charge in [-0.15, -0.1) is 0 Å². The zero-order chi connectivity index (χ0) is 19.5. The molecular weight excluding hydrogens is 358 g/mol. The van der Waals surface area contributed by atoms with E-state index in [2.05, 4.69) is 19.9 Å². The molecule has 0 amide bonds. The molecule has 4 rings (SSSR count). The Morgan fingerprint density at radius 2 is 2.00 bits per heavy atom. The molecule has 8 heteroatoms. The van der Waals surface area contributed by atoms with Gasteiger partial charge in [-0.3, -0.25) is 14.3 Å². The van der Waals surface area contributed by atoms with Crippen LogP contribution in [0.25, 0.3) is 10.9 Å². The predicted molar refractivity (Wildman–Crippen MR) is 107 cm³/mol. The number of nitrogens with zero attached hydrogens (tertiary/aromatic N) is 5. The van der Waals surface area contributed by atoms with Crippen molar-refractivity contribution in [2.24, 2.45) is 0 Å². The van der Waals surface area contributed by atoms with Gasteiger partial charge in [-0.1, -0.05) is 5.16 Å². The normalized spacial score (nSPS) is 15.4. The number of piperazine rings is 1. The highest BCUT2D eigenvalue weighted by Gasteiger charge is 2.19. The summed E-state index contributed by atoms with van der Waals surface area (Å²) >= 11 is 0. The van der Waals surface area contributed by atoms with E-state index in [1.807, 2.05) is 31.2 Å². The highest BCUT2D eigenvalue weighted by molar-refractivity contribution is 5.81. The minimum absolute atomic E-state index is 0.0271. The van der Waals surface area contributed by atoms with Crippen LogP contribution < -0.4 is 10.5 Å². The van der Waals surface area contributed by atoms with Crippen molar-refractivity contribution in [2.45, 2.75) is 20.0 Å². The Labute approximate surface area is 163 Å². The quantitative estimate of drug-likeness (QED) is 0.641. The van der Waals surface area contributed by atoms with E-state index in [1.165, 1.54) is 0 Å². The van der Waals surface area contributed by atoms with Crippen molar-refractivity contribution < 1.29 is 9.26 Å². The fourth-order valence-electron chi connectivity index (χ4n) is 3.57. The molecule has 1 aromatic carbocycles. The van der Waals surface area contributed by atoms with Gasteiger partial charge in [0.15, 0.2) is 5.76 Å². The fourth-order valence-corrected chi connectivity index (χ4v) is 3.57. The summed E-state index contributed by atoms with van der Waals surface area (Å²) in [4.78, 5) is 21.7. The molecule has 1 saturated heterocycles. The topological polar surface area (TPSA) is 76.6 Å². The van der Waals surface area contributed by atoms with Gasteiger partial charge < -0.3 is 14.2 Å². The molecule has 0 unspecified atom stereocenters. The Morgan fingerprint density at radius 1 is 1.18 bits per heavy atom. The van der Waals surface area contributed by atoms with Gasteiger partial charge in [0.2, 0.25) is 0 Å². The number of fused-ring (bicyclic) bond motifs is 1. The number of aromatic nitrogens is 3. The second-order valence-corrected chi connectivity index (χ2v) is 7.14. The van der Waals surface area contributed by atoms with Crippen LogP contribution in [0.15, 0.2) is 39.9 Å². The number of ether oxygens (including phenoxy) is 1. The Balaban J connectivity index is 1.44. The van der Waals surface area contributed by atoms with Crippen molar-refractivity contribution in [1.29, 1.82) is 0 Å². The van der Waals surface area contributed by atoms with Crippen LogP contribution in [0.2, 0.25) is 0 Å². The Hall–Kier alpha value is -2.71. The molecule has 0 atom stereocenters. The summed E-state index contributed by atoms with van der Waals surface area (Å²) in [6, 6.07) is 7.89. The molecule has 0 bridgehead atoms. The second kappa shape index (κ2) is 8.12. The first-order valence-electron chi connectivity index (χ1n) is 9.51. The Bertz CT molecular complexity index is 1000. The van der Waals surface area contributed by atoms with E-state index >= 15 is 0 Å². The number of methoxy groups -OCH3 is 1. The molecule has 8 nitrogen and oxygen atoms in total. The minimum Gasteiger partial charge on any atom is -0.383 e. The van der Waals surface area contributed by atoms with E-state index < -0.39 is 0 Å². The molecule has 0 saturated carbocycles. The van der Waals surface area contributed by atoms with Gasteiger partial charge in [0.05, 0.1) is 42.6 Å². The van der Waals surface area contributed by atoms with Crippen LogP contribution in [0.3, 0.4) is 0 Å². The number of benzene rings is 1. The maximum absolute atomic E-state index is 12.6. The van der Waals surface area contributed by atoms with Crippen LogP contribution in [-0.2, 0) is 17.8 Å². The molecule has 1 fully saturated rings. The standard InChI is InChI=1S/C20H25N5O3/c1-15-11-17(28-22-15)13-23-5-7-24(8-6-23)16-3-4-18-19(12-16)21-14-25(20(18)26)9-10-27-2/h3-4,11-12,14H,5-10,13H2,1-2H3. The number of hydrogen-bond donors (Lipinski definition) is 0. The van der Waals surface area contributed by atoms with E-state index in [0.29, 0.717) is 18.5 Å². The van der Waals surface area contributed by atoms with E-state index in [0.717, 1.165) is 55.4 Å². The van der Waals surface area contributed by atoms with Gasteiger partial charge in [-0.2, -0.15) is 0 Å². The predicted octanol–water partition coefficient (Wildman–Crippen LogP) is 1.66. The highest BCUT2D eigenvalue weighted by Crippen LogP contribution is 2.21. The van der Waals surface area contributed by atoms with Crippen molar-refractivity contribution in [1.82, 2.24) is 19.6 Å². The summed E-state index contributed by atoms with van der Waals surface area (Å²) in [6.45, 7) is 7.45. The lowest BCUT2D eigenvalue weighted by Crippen LogP contribution is -2.45. The number of rotatable bonds is 6. The van der Waals surface area contributed by atoms with E-state index in [4.69, 9.17) is 9.26 Å². The SMILES string of the molecule is COCCn1cnc2cc(N3CCN(Cc4cc(C)no4)CC3)ccc2c1=O. The Kier molecular flexibility index (Phi) is 5.40. The first kappa shape index (κ1) is 18.6. The molecule has 0 N–H and O–H groups in total. The van der Waals surface area contributed by atoms with Crippen LogP contribution in [0.1, 0.15) is 11.5 Å². The Morgan fingerprint density at radius 3 is 2.71 bits per heavy atom. The van der Waals surface area contributed by atoms with Crippen LogP contribution in [0, 0.1) is 6.92 Å². The first-order chi connectivity index (χ1) is 13.6. The molecule has 1 aliphatic heterocycles. The van der Waals surface area contributed by atoms with Gasteiger partial charge in [0.1, 0.15) is 0 Å². The summed E-state index contributed by atoms with van der Waals surface area (Å²) in [5.74, 6) is 0.908. The second-order valence-electron chi connectivity index (χ2n) is 7.14. The van der Waals surface area contributed by atoms with E-state index in [9.17, 15) is 4.79 Å². The van der Waals surface area contributed by atoms with Crippen molar-refractivity contribution in [2.75, 3.05) is 44.8 Å². The minimum atomic E-state index is -0.0271. The van der Waals surface area contributed by atoms with Gasteiger partial charge in [-0.05, 0) is 25.1 Å². The van der Waals surface area contributed by atoms with Gasteiger partial charge in [-0.25, -0.2) is 4.98 Å². The van der Waals surface area contributed by atoms with Gasteiger partial charge in [0, 0.05) is 45.0 Å². The summed E-state index contributed by atoms with van der Waals surface area (Å²) in [6.07, 6.45) is 1.60. The molecule has 3 heterocycles. The number of hydrogen-bond acceptors (Lipinski definition) is 7. The summed E-state index contributed by atoms with van der Waals surface area (Å²) in [5.41, 5.74) is 2.72. The third kappa shape index (κ3) is 3.93. The van der Waals surface area contributed by atoms with E-state index in [1.54, 1.807) is 18.0 Å². The lowest BCUT2D eigenvalue weighted by atomic mass is 10.2. The molecule has 28 heavy (non-hydrogen) atoms. The fraction of sp³-hybridized carbons (Fsp3) is 0.450. The molecule has 2 aromatic heterocycles. The maximum Gasteiger partial charge on any atom is 0.261 e. The number of anilines is 1. The van der Waals surface area contributed by atoms with Crippen LogP contribution >= 0.6 is 0 Å². The smallest absolute Gasteiger partial charge is 0.261 e. The molecule has 1 aliphatic rings. The average Bonchev–Trinajstić information content (AvgIpc) is 3.12. The van der Waals surface area contributed by atoms with Crippen molar-refractivity contribution >= 4 is 16.6 Å². The lowest BCUT2D eigenvalue weighted by molar-refractivity contribution is 0.186. The van der Waals surface area contributed by atoms with Gasteiger partial charge >= 0.3 is 0 Å². The molecule has 0 spiro atoms. The molecule has 3 aromatic rings. The van der Waals surface area contributed by atoms with Crippen LogP contribution in [0.5, 0.6) is 0 Å². The molecular formula is C20H25N5O3. The third-order valence-corrected chi connectivity index (χ3v) is 5.14. The van der Waals surface area contributed by atoms with Crippen LogP contribution in [-0.4, -0.2) is 59.5 Å². The summed E-state index contributed by atoms with van der Waals surface area (Å²) < 4.78 is 12.0. The van der Waals surface area contributed by atoms with Crippen LogP contribution in [0.4, 0.5) is 5.69 Å². The third-order valence-electron chi connectivity index (χ3n) is 5.14. The van der Waals surface area contributed by atoms with Gasteiger partial charge in [0.25, 0.3) is 5.56 Å². The monoisotopic (exact) mass is 383 g/mol. The summed E-state index contributed by atoms with van der Waals surface area (Å²) in [7, 11) is 1.62. The van der Waals surface area contributed by atoms with Crippen molar-refractivity contribution in [3.63, 3.8) is 0 Å². The average molecular weight is 383 g/mol. The molecule has 0 radical (unpaired) electrons. The zero-order valence-electron chi connectivity index (χ0n) is 16.3. The summed E-state index contributed by atoms with van der Waals surface area (Å²) in [5, 5.41) is 4.59. The number of aryl methyl sites for hydroxylation is 1. The van der Waals surface area contributed by atoms with Crippen molar-refractivity contribution in [3.8, 4) is 0 Å². The zero-order valence-corrected chi connectivity index (χ0v) is 16.3. The lowest BCUT2D eigenvalue weighted by Gasteiger charge is -2.35. The van der Waals surface area contributed by atoms with E-state index in [-0.39, 0.29) is 5.56 Å². The maximum atomic E-state index is 12.6. The molecule has 148 valence electrons. The molecule has 0 aliphatic carbocycles. The van der Waals surface area contributed by atoms with Crippen molar-refractivity contribution in [3.05, 3.63) is 52.4 Å². The highest BCUT2D eigenvalue weighted by atomic mass is 16.5. The first-order valence-corrected chi connectivity index (χ1v) is 9.51.